The van der Waals surface area contributed by atoms with E-state index in [9.17, 15) is 10.2 Å². The molecule has 2 aliphatic carbocycles. The second-order valence-electron chi connectivity index (χ2n) is 7.70. The molecule has 0 aromatic carbocycles. The third-order valence-corrected chi connectivity index (χ3v) is 6.17. The predicted octanol–water partition coefficient (Wildman–Crippen LogP) is 3.65. The van der Waals surface area contributed by atoms with Crippen molar-refractivity contribution in [2.45, 2.75) is 90.3 Å². The Hall–Kier alpha value is -0.0800. The molecular weight excluding hydrogens is 224 g/mol. The largest absolute Gasteiger partial charge is 0.390 e. The second kappa shape index (κ2) is 4.21. The summed E-state index contributed by atoms with van der Waals surface area (Å²) in [4.78, 5) is 0. The van der Waals surface area contributed by atoms with Crippen molar-refractivity contribution >= 4 is 0 Å². The van der Waals surface area contributed by atoms with Gasteiger partial charge in [0.15, 0.2) is 0 Å². The van der Waals surface area contributed by atoms with Crippen LogP contribution in [0.3, 0.4) is 0 Å². The van der Waals surface area contributed by atoms with Crippen LogP contribution >= 0.6 is 0 Å². The molecule has 0 aromatic rings. The molecule has 2 fully saturated rings. The number of fused-ring (bicyclic) bond motifs is 1. The quantitative estimate of drug-likeness (QED) is 0.789. The standard InChI is InChI=1S/C16H30O2/c1-13(2,17)15-9-5-7-11-16(15,14(3,4)18)12-8-6-10-15/h17-18H,5-12H2,1-4H3. The van der Waals surface area contributed by atoms with Gasteiger partial charge in [0.1, 0.15) is 0 Å². The van der Waals surface area contributed by atoms with E-state index in [2.05, 4.69) is 0 Å². The summed E-state index contributed by atoms with van der Waals surface area (Å²) in [5, 5.41) is 21.7. The molecule has 0 spiro atoms. The molecular formula is C16H30O2. The third kappa shape index (κ3) is 1.76. The van der Waals surface area contributed by atoms with Crippen molar-refractivity contribution in [3.63, 3.8) is 0 Å². The minimum absolute atomic E-state index is 0.102. The van der Waals surface area contributed by atoms with Gasteiger partial charge < -0.3 is 10.2 Å². The maximum absolute atomic E-state index is 10.8. The Balaban J connectivity index is 2.55. The number of aliphatic hydroxyl groups is 2. The van der Waals surface area contributed by atoms with Crippen LogP contribution in [-0.4, -0.2) is 21.4 Å². The highest BCUT2D eigenvalue weighted by Gasteiger charge is 2.65. The summed E-state index contributed by atoms with van der Waals surface area (Å²) in [5.41, 5.74) is -1.61. The van der Waals surface area contributed by atoms with Crippen LogP contribution in [0.15, 0.2) is 0 Å². The van der Waals surface area contributed by atoms with Crippen LogP contribution in [0.25, 0.3) is 0 Å². The summed E-state index contributed by atoms with van der Waals surface area (Å²) in [7, 11) is 0. The van der Waals surface area contributed by atoms with E-state index < -0.39 is 11.2 Å². The first kappa shape index (κ1) is 14.3. The minimum atomic E-state index is -0.701. The van der Waals surface area contributed by atoms with Crippen molar-refractivity contribution in [3.05, 3.63) is 0 Å². The Labute approximate surface area is 112 Å². The first-order valence-corrected chi connectivity index (χ1v) is 7.61. The van der Waals surface area contributed by atoms with Gasteiger partial charge in [-0.25, -0.2) is 0 Å². The van der Waals surface area contributed by atoms with Crippen LogP contribution in [-0.2, 0) is 0 Å². The second-order valence-corrected chi connectivity index (χ2v) is 7.70. The molecule has 0 aromatic heterocycles. The molecule has 0 bridgehead atoms. The zero-order valence-corrected chi connectivity index (χ0v) is 12.6. The first-order valence-electron chi connectivity index (χ1n) is 7.61. The number of hydrogen-bond acceptors (Lipinski definition) is 2. The Morgan fingerprint density at radius 2 is 0.833 bits per heavy atom. The molecule has 2 aliphatic rings. The Kier molecular flexibility index (Phi) is 3.35. The number of rotatable bonds is 2. The SMILES string of the molecule is CC(C)(O)C12CCCCC1(C(C)(C)O)CCCC2. The maximum atomic E-state index is 10.8. The highest BCUT2D eigenvalue weighted by molar-refractivity contribution is 5.14. The molecule has 0 atom stereocenters. The van der Waals surface area contributed by atoms with E-state index in [1.54, 1.807) is 0 Å². The van der Waals surface area contributed by atoms with E-state index in [-0.39, 0.29) is 10.8 Å². The van der Waals surface area contributed by atoms with E-state index in [4.69, 9.17) is 0 Å². The molecule has 2 N–H and O–H groups in total. The molecule has 18 heavy (non-hydrogen) atoms. The van der Waals surface area contributed by atoms with Crippen LogP contribution in [0.5, 0.6) is 0 Å². The van der Waals surface area contributed by atoms with E-state index in [0.29, 0.717) is 0 Å². The van der Waals surface area contributed by atoms with Gasteiger partial charge in [-0.3, -0.25) is 0 Å². The minimum Gasteiger partial charge on any atom is -0.390 e. The average molecular weight is 254 g/mol. The molecule has 106 valence electrons. The lowest BCUT2D eigenvalue weighted by Gasteiger charge is -2.66. The van der Waals surface area contributed by atoms with E-state index in [1.165, 1.54) is 25.7 Å². The van der Waals surface area contributed by atoms with Crippen molar-refractivity contribution < 1.29 is 10.2 Å². The van der Waals surface area contributed by atoms with Crippen molar-refractivity contribution in [1.29, 1.82) is 0 Å². The molecule has 2 rings (SSSR count). The lowest BCUT2D eigenvalue weighted by Crippen LogP contribution is -2.65. The average Bonchev–Trinajstić information content (AvgIpc) is 2.26. The fraction of sp³-hybridized carbons (Fsp3) is 1.00. The molecule has 2 heteroatoms. The summed E-state index contributed by atoms with van der Waals surface area (Å²) >= 11 is 0. The molecule has 2 saturated carbocycles. The van der Waals surface area contributed by atoms with E-state index >= 15 is 0 Å². The number of hydrogen-bond donors (Lipinski definition) is 2. The lowest BCUT2D eigenvalue weighted by molar-refractivity contribution is -0.245. The van der Waals surface area contributed by atoms with Gasteiger partial charge in [0.05, 0.1) is 11.2 Å². The lowest BCUT2D eigenvalue weighted by atomic mass is 9.41. The summed E-state index contributed by atoms with van der Waals surface area (Å²) in [6.45, 7) is 7.85. The highest BCUT2D eigenvalue weighted by atomic mass is 16.3. The predicted molar refractivity (Wildman–Crippen MR) is 74.4 cm³/mol. The monoisotopic (exact) mass is 254 g/mol. The zero-order valence-electron chi connectivity index (χ0n) is 12.6. The fourth-order valence-electron chi connectivity index (χ4n) is 5.31. The topological polar surface area (TPSA) is 40.5 Å². The van der Waals surface area contributed by atoms with E-state index in [1.807, 2.05) is 27.7 Å². The van der Waals surface area contributed by atoms with Crippen LogP contribution in [0.4, 0.5) is 0 Å². The van der Waals surface area contributed by atoms with Crippen molar-refractivity contribution in [1.82, 2.24) is 0 Å². The molecule has 0 radical (unpaired) electrons. The van der Waals surface area contributed by atoms with Gasteiger partial charge in [-0.2, -0.15) is 0 Å². The van der Waals surface area contributed by atoms with Gasteiger partial charge in [0.2, 0.25) is 0 Å². The summed E-state index contributed by atoms with van der Waals surface area (Å²) in [5.74, 6) is 0. The fourth-order valence-corrected chi connectivity index (χ4v) is 5.31. The molecule has 0 heterocycles. The van der Waals surface area contributed by atoms with Gasteiger partial charge in [-0.15, -0.1) is 0 Å². The van der Waals surface area contributed by atoms with Gasteiger partial charge in [0, 0.05) is 10.8 Å². The van der Waals surface area contributed by atoms with Crippen LogP contribution in [0.1, 0.15) is 79.1 Å². The Morgan fingerprint density at radius 3 is 1.00 bits per heavy atom. The van der Waals surface area contributed by atoms with Crippen LogP contribution in [0.2, 0.25) is 0 Å². The van der Waals surface area contributed by atoms with Gasteiger partial charge in [-0.1, -0.05) is 25.7 Å². The van der Waals surface area contributed by atoms with Crippen LogP contribution in [0, 0.1) is 10.8 Å². The first-order chi connectivity index (χ1) is 8.16. The summed E-state index contributed by atoms with van der Waals surface area (Å²) in [6.07, 6.45) is 9.06. The smallest absolute Gasteiger partial charge is 0.0654 e. The molecule has 0 unspecified atom stereocenters. The van der Waals surface area contributed by atoms with Crippen LogP contribution < -0.4 is 0 Å². The van der Waals surface area contributed by atoms with Crippen molar-refractivity contribution in [3.8, 4) is 0 Å². The van der Waals surface area contributed by atoms with E-state index in [0.717, 1.165) is 25.7 Å². The molecule has 0 saturated heterocycles. The summed E-state index contributed by atoms with van der Waals surface area (Å²) < 4.78 is 0. The highest BCUT2D eigenvalue weighted by Crippen LogP contribution is 2.67. The van der Waals surface area contributed by atoms with Crippen molar-refractivity contribution in [2.75, 3.05) is 0 Å². The molecule has 2 nitrogen and oxygen atoms in total. The van der Waals surface area contributed by atoms with Gasteiger partial charge in [-0.05, 0) is 53.4 Å². The van der Waals surface area contributed by atoms with Gasteiger partial charge in [0.25, 0.3) is 0 Å². The van der Waals surface area contributed by atoms with Gasteiger partial charge >= 0.3 is 0 Å². The third-order valence-electron chi connectivity index (χ3n) is 6.17. The Bertz CT molecular complexity index is 262. The molecule has 0 aliphatic heterocycles. The maximum Gasteiger partial charge on any atom is 0.0654 e. The Morgan fingerprint density at radius 1 is 0.611 bits per heavy atom. The summed E-state index contributed by atoms with van der Waals surface area (Å²) in [6, 6.07) is 0. The van der Waals surface area contributed by atoms with Crippen molar-refractivity contribution in [2.24, 2.45) is 10.8 Å². The zero-order chi connectivity index (χ0) is 13.7. The molecule has 0 amide bonds. The normalized spacial score (nSPS) is 38.3.